The SMILES string of the molecule is CN(CCS(C)(=O)=O)c1cc(Br)ccc1C(N)=S. The number of nitrogens with zero attached hydrogens (tertiary/aromatic N) is 1. The fraction of sp³-hybridized carbons (Fsp3) is 0.364. The molecule has 7 heteroatoms. The zero-order valence-corrected chi connectivity index (χ0v) is 13.4. The Morgan fingerprint density at radius 1 is 1.50 bits per heavy atom. The molecule has 0 aliphatic rings. The summed E-state index contributed by atoms with van der Waals surface area (Å²) in [5, 5.41) is 0. The molecule has 18 heavy (non-hydrogen) atoms. The Morgan fingerprint density at radius 3 is 2.61 bits per heavy atom. The van der Waals surface area contributed by atoms with Crippen molar-refractivity contribution >= 4 is 48.7 Å². The third-order valence-corrected chi connectivity index (χ3v) is 4.07. The van der Waals surface area contributed by atoms with Crippen LogP contribution in [0.3, 0.4) is 0 Å². The highest BCUT2D eigenvalue weighted by molar-refractivity contribution is 9.10. The molecule has 0 amide bonds. The van der Waals surface area contributed by atoms with E-state index in [2.05, 4.69) is 15.9 Å². The van der Waals surface area contributed by atoms with Crippen molar-refractivity contribution < 1.29 is 8.42 Å². The molecule has 0 bridgehead atoms. The molecule has 0 aromatic heterocycles. The van der Waals surface area contributed by atoms with Gasteiger partial charge < -0.3 is 10.6 Å². The summed E-state index contributed by atoms with van der Waals surface area (Å²) < 4.78 is 23.2. The first-order chi connectivity index (χ1) is 8.20. The van der Waals surface area contributed by atoms with Gasteiger partial charge in [0.15, 0.2) is 0 Å². The number of hydrogen-bond donors (Lipinski definition) is 1. The molecule has 1 aromatic rings. The van der Waals surface area contributed by atoms with Crippen LogP contribution in [0.15, 0.2) is 22.7 Å². The lowest BCUT2D eigenvalue weighted by Crippen LogP contribution is -2.27. The van der Waals surface area contributed by atoms with Crippen LogP contribution in [0.2, 0.25) is 0 Å². The smallest absolute Gasteiger partial charge is 0.149 e. The van der Waals surface area contributed by atoms with Gasteiger partial charge >= 0.3 is 0 Å². The third-order valence-electron chi connectivity index (χ3n) is 2.43. The molecular formula is C11H15BrN2O2S2. The molecule has 0 saturated carbocycles. The van der Waals surface area contributed by atoms with Crippen LogP contribution in [0.5, 0.6) is 0 Å². The zero-order valence-electron chi connectivity index (χ0n) is 10.2. The van der Waals surface area contributed by atoms with Crippen LogP contribution < -0.4 is 10.6 Å². The molecular weight excluding hydrogens is 336 g/mol. The number of thiocarbonyl (C=S) groups is 1. The Balaban J connectivity index is 3.00. The Labute approximate surface area is 121 Å². The average Bonchev–Trinajstić information content (AvgIpc) is 2.24. The highest BCUT2D eigenvalue weighted by Gasteiger charge is 2.12. The van der Waals surface area contributed by atoms with Crippen LogP contribution in [-0.4, -0.2) is 39.0 Å². The first kappa shape index (κ1) is 15.4. The number of sulfone groups is 1. The van der Waals surface area contributed by atoms with E-state index in [0.29, 0.717) is 11.5 Å². The zero-order chi connectivity index (χ0) is 13.9. The summed E-state index contributed by atoms with van der Waals surface area (Å²) in [6.45, 7) is 0.394. The molecule has 0 unspecified atom stereocenters. The van der Waals surface area contributed by atoms with Crippen molar-refractivity contribution in [2.45, 2.75) is 0 Å². The van der Waals surface area contributed by atoms with Crippen molar-refractivity contribution in [2.24, 2.45) is 5.73 Å². The number of rotatable bonds is 5. The minimum atomic E-state index is -2.99. The van der Waals surface area contributed by atoms with Crippen LogP contribution in [0.4, 0.5) is 5.69 Å². The Hall–Kier alpha value is -0.660. The third kappa shape index (κ3) is 4.55. The largest absolute Gasteiger partial charge is 0.389 e. The number of anilines is 1. The van der Waals surface area contributed by atoms with Crippen LogP contribution in [0.1, 0.15) is 5.56 Å². The number of halogens is 1. The van der Waals surface area contributed by atoms with Crippen LogP contribution in [0, 0.1) is 0 Å². The molecule has 4 nitrogen and oxygen atoms in total. The predicted molar refractivity (Wildman–Crippen MR) is 83.0 cm³/mol. The van der Waals surface area contributed by atoms with Crippen molar-refractivity contribution in [2.75, 3.05) is 30.5 Å². The molecule has 0 aliphatic carbocycles. The topological polar surface area (TPSA) is 63.4 Å². The highest BCUT2D eigenvalue weighted by Crippen LogP contribution is 2.24. The molecule has 2 N–H and O–H groups in total. The van der Waals surface area contributed by atoms with E-state index in [-0.39, 0.29) is 5.75 Å². The van der Waals surface area contributed by atoms with Gasteiger partial charge in [-0.3, -0.25) is 0 Å². The van der Waals surface area contributed by atoms with Crippen molar-refractivity contribution in [1.82, 2.24) is 0 Å². The lowest BCUT2D eigenvalue weighted by Gasteiger charge is -2.22. The van der Waals surface area contributed by atoms with E-state index in [9.17, 15) is 8.42 Å². The second-order valence-electron chi connectivity index (χ2n) is 4.08. The van der Waals surface area contributed by atoms with Gasteiger partial charge in [0.1, 0.15) is 14.8 Å². The summed E-state index contributed by atoms with van der Waals surface area (Å²) in [4.78, 5) is 2.13. The maximum absolute atomic E-state index is 11.2. The van der Waals surface area contributed by atoms with Gasteiger partial charge in [-0.15, -0.1) is 0 Å². The van der Waals surface area contributed by atoms with Crippen molar-refractivity contribution in [1.29, 1.82) is 0 Å². The fourth-order valence-corrected chi connectivity index (χ4v) is 2.58. The van der Waals surface area contributed by atoms with Crippen LogP contribution >= 0.6 is 28.1 Å². The summed E-state index contributed by atoms with van der Waals surface area (Å²) in [6, 6.07) is 5.54. The summed E-state index contributed by atoms with van der Waals surface area (Å²) >= 11 is 8.36. The van der Waals surface area contributed by atoms with Gasteiger partial charge in [0.25, 0.3) is 0 Å². The van der Waals surface area contributed by atoms with Gasteiger partial charge in [0, 0.05) is 35.6 Å². The normalized spacial score (nSPS) is 11.3. The monoisotopic (exact) mass is 350 g/mol. The van der Waals surface area contributed by atoms with Crippen LogP contribution in [-0.2, 0) is 9.84 Å². The van der Waals surface area contributed by atoms with E-state index in [4.69, 9.17) is 18.0 Å². The number of nitrogens with two attached hydrogens (primary N) is 1. The molecule has 0 spiro atoms. The van der Waals surface area contributed by atoms with E-state index in [1.807, 2.05) is 30.1 Å². The molecule has 0 heterocycles. The standard InChI is InChI=1S/C11H15BrN2O2S2/c1-14(5-6-18(2,15)16)10-7-8(12)3-4-9(10)11(13)17/h3-4,7H,5-6H2,1-2H3,(H2,13,17). The molecule has 0 atom stereocenters. The molecule has 1 aromatic carbocycles. The maximum atomic E-state index is 11.2. The second-order valence-corrected chi connectivity index (χ2v) is 7.69. The summed E-state index contributed by atoms with van der Waals surface area (Å²) in [5.41, 5.74) is 7.22. The highest BCUT2D eigenvalue weighted by atomic mass is 79.9. The van der Waals surface area contributed by atoms with Gasteiger partial charge in [0.2, 0.25) is 0 Å². The quantitative estimate of drug-likeness (QED) is 0.816. The second kappa shape index (κ2) is 5.99. The molecule has 100 valence electrons. The maximum Gasteiger partial charge on any atom is 0.149 e. The van der Waals surface area contributed by atoms with Crippen LogP contribution in [0.25, 0.3) is 0 Å². The minimum absolute atomic E-state index is 0.0901. The summed E-state index contributed by atoms with van der Waals surface area (Å²) in [6.07, 6.45) is 1.22. The Bertz CT molecular complexity index is 558. The predicted octanol–water partition coefficient (Wildman–Crippen LogP) is 1.56. The van der Waals surface area contributed by atoms with E-state index < -0.39 is 9.84 Å². The molecule has 0 fully saturated rings. The molecule has 0 saturated heterocycles. The summed E-state index contributed by atoms with van der Waals surface area (Å²) in [5.74, 6) is 0.0901. The van der Waals surface area contributed by atoms with Crippen molar-refractivity contribution in [3.8, 4) is 0 Å². The minimum Gasteiger partial charge on any atom is -0.389 e. The van der Waals surface area contributed by atoms with Gasteiger partial charge in [-0.1, -0.05) is 28.1 Å². The first-order valence-corrected chi connectivity index (χ1v) is 8.45. The van der Waals surface area contributed by atoms with Gasteiger partial charge in [-0.25, -0.2) is 8.42 Å². The van der Waals surface area contributed by atoms with Crippen molar-refractivity contribution in [3.05, 3.63) is 28.2 Å². The van der Waals surface area contributed by atoms with Gasteiger partial charge in [0.05, 0.1) is 5.75 Å². The van der Waals surface area contributed by atoms with E-state index >= 15 is 0 Å². The van der Waals surface area contributed by atoms with E-state index in [1.165, 1.54) is 6.26 Å². The molecule has 1 rings (SSSR count). The van der Waals surface area contributed by atoms with Gasteiger partial charge in [-0.05, 0) is 18.2 Å². The lowest BCUT2D eigenvalue weighted by atomic mass is 10.1. The van der Waals surface area contributed by atoms with Crippen molar-refractivity contribution in [3.63, 3.8) is 0 Å². The number of hydrogen-bond acceptors (Lipinski definition) is 4. The number of benzene rings is 1. The fourth-order valence-electron chi connectivity index (χ4n) is 1.45. The Kier molecular flexibility index (Phi) is 5.12. The van der Waals surface area contributed by atoms with E-state index in [1.54, 1.807) is 0 Å². The molecule has 0 aliphatic heterocycles. The van der Waals surface area contributed by atoms with Gasteiger partial charge in [-0.2, -0.15) is 0 Å². The average molecular weight is 351 g/mol. The first-order valence-electron chi connectivity index (χ1n) is 5.19. The van der Waals surface area contributed by atoms with E-state index in [0.717, 1.165) is 15.7 Å². The summed E-state index contributed by atoms with van der Waals surface area (Å²) in [7, 11) is -1.17. The Morgan fingerprint density at radius 2 is 2.11 bits per heavy atom. The molecule has 0 radical (unpaired) electrons. The lowest BCUT2D eigenvalue weighted by molar-refractivity contribution is 0.601.